The molecule has 0 heterocycles. The van der Waals surface area contributed by atoms with Crippen molar-refractivity contribution in [3.8, 4) is 0 Å². The number of Topliss-reactive ketones (excluding diaryl/α,β-unsaturated/α-hetero) is 1. The fourth-order valence-electron chi connectivity index (χ4n) is 3.86. The van der Waals surface area contributed by atoms with Gasteiger partial charge in [0.25, 0.3) is 0 Å². The summed E-state index contributed by atoms with van der Waals surface area (Å²) in [6.45, 7) is 3.00. The molecule has 0 amide bonds. The van der Waals surface area contributed by atoms with Crippen LogP contribution in [0.25, 0.3) is 0 Å². The third kappa shape index (κ3) is 3.09. The van der Waals surface area contributed by atoms with E-state index >= 15 is 0 Å². The summed E-state index contributed by atoms with van der Waals surface area (Å²) in [5.41, 5.74) is 5.84. The van der Waals surface area contributed by atoms with E-state index in [0.29, 0.717) is 30.1 Å². The molecule has 2 rings (SSSR count). The molecule has 0 aromatic rings. The van der Waals surface area contributed by atoms with Crippen LogP contribution in [-0.2, 0) is 4.79 Å². The second kappa shape index (κ2) is 5.99. The van der Waals surface area contributed by atoms with E-state index in [-0.39, 0.29) is 0 Å². The summed E-state index contributed by atoms with van der Waals surface area (Å²) in [5.74, 6) is 2.44. The molecular weight excluding hydrogens is 210 g/mol. The first-order chi connectivity index (χ1) is 8.22. The third-order valence-corrected chi connectivity index (χ3v) is 4.92. The zero-order chi connectivity index (χ0) is 12.3. The molecule has 98 valence electrons. The number of nitrogens with two attached hydrogens (primary N) is 1. The van der Waals surface area contributed by atoms with Gasteiger partial charge in [0.05, 0.1) is 0 Å². The van der Waals surface area contributed by atoms with E-state index < -0.39 is 0 Å². The summed E-state index contributed by atoms with van der Waals surface area (Å²) in [7, 11) is 0. The van der Waals surface area contributed by atoms with Crippen LogP contribution >= 0.6 is 0 Å². The summed E-state index contributed by atoms with van der Waals surface area (Å²) in [4.78, 5) is 12.6. The summed E-state index contributed by atoms with van der Waals surface area (Å²) in [6.07, 6.45) is 9.61. The summed E-state index contributed by atoms with van der Waals surface area (Å²) >= 11 is 0. The van der Waals surface area contributed by atoms with Crippen molar-refractivity contribution in [2.75, 3.05) is 6.54 Å². The summed E-state index contributed by atoms with van der Waals surface area (Å²) in [6, 6.07) is 0. The molecule has 2 saturated carbocycles. The molecule has 0 aromatic carbocycles. The van der Waals surface area contributed by atoms with E-state index in [1.807, 2.05) is 0 Å². The molecule has 2 heteroatoms. The highest BCUT2D eigenvalue weighted by atomic mass is 16.1. The van der Waals surface area contributed by atoms with Gasteiger partial charge >= 0.3 is 0 Å². The Kier molecular flexibility index (Phi) is 4.61. The zero-order valence-corrected chi connectivity index (χ0v) is 11.2. The van der Waals surface area contributed by atoms with Crippen LogP contribution in [0.3, 0.4) is 0 Å². The standard InChI is InChI=1S/C15H27NO/c1-11-5-4-7-12(9-11)15(17)14-8-3-2-6-13(14)10-16/h11-14H,2-10,16H2,1H3. The molecule has 4 atom stereocenters. The highest BCUT2D eigenvalue weighted by Gasteiger charge is 2.35. The van der Waals surface area contributed by atoms with Gasteiger partial charge in [-0.25, -0.2) is 0 Å². The van der Waals surface area contributed by atoms with Crippen molar-refractivity contribution in [1.29, 1.82) is 0 Å². The van der Waals surface area contributed by atoms with E-state index in [1.54, 1.807) is 0 Å². The predicted octanol–water partition coefficient (Wildman–Crippen LogP) is 3.15. The first-order valence-electron chi connectivity index (χ1n) is 7.46. The van der Waals surface area contributed by atoms with Gasteiger partial charge in [-0.2, -0.15) is 0 Å². The second-order valence-corrected chi connectivity index (χ2v) is 6.26. The van der Waals surface area contributed by atoms with Crippen molar-refractivity contribution in [3.63, 3.8) is 0 Å². The molecule has 2 N–H and O–H groups in total. The highest BCUT2D eigenvalue weighted by molar-refractivity contribution is 5.84. The van der Waals surface area contributed by atoms with Crippen LogP contribution < -0.4 is 5.73 Å². The van der Waals surface area contributed by atoms with Crippen LogP contribution in [0.2, 0.25) is 0 Å². The van der Waals surface area contributed by atoms with Gasteiger partial charge in [0.2, 0.25) is 0 Å². The van der Waals surface area contributed by atoms with Gasteiger partial charge < -0.3 is 5.73 Å². The number of rotatable bonds is 3. The van der Waals surface area contributed by atoms with Gasteiger partial charge in [0.1, 0.15) is 5.78 Å². The van der Waals surface area contributed by atoms with Crippen LogP contribution in [0.15, 0.2) is 0 Å². The van der Waals surface area contributed by atoms with Crippen LogP contribution in [0.4, 0.5) is 0 Å². The van der Waals surface area contributed by atoms with Crippen LogP contribution in [-0.4, -0.2) is 12.3 Å². The molecule has 0 radical (unpaired) electrons. The maximum Gasteiger partial charge on any atom is 0.139 e. The molecule has 0 spiro atoms. The smallest absolute Gasteiger partial charge is 0.139 e. The minimum atomic E-state index is 0.295. The first kappa shape index (κ1) is 13.1. The molecule has 2 aliphatic rings. The Bertz CT molecular complexity index is 264. The Morgan fingerprint density at radius 2 is 1.88 bits per heavy atom. The van der Waals surface area contributed by atoms with E-state index in [0.717, 1.165) is 25.2 Å². The molecule has 2 nitrogen and oxygen atoms in total. The average molecular weight is 237 g/mol. The Balaban J connectivity index is 1.97. The van der Waals surface area contributed by atoms with Crippen molar-refractivity contribution in [2.45, 2.75) is 58.3 Å². The van der Waals surface area contributed by atoms with E-state index in [1.165, 1.54) is 32.1 Å². The maximum atomic E-state index is 12.6. The SMILES string of the molecule is CC1CCCC(C(=O)C2CCCCC2CN)C1. The van der Waals surface area contributed by atoms with E-state index in [2.05, 4.69) is 6.92 Å². The molecular formula is C15H27NO. The summed E-state index contributed by atoms with van der Waals surface area (Å²) in [5, 5.41) is 0. The lowest BCUT2D eigenvalue weighted by molar-refractivity contribution is -0.131. The van der Waals surface area contributed by atoms with Crippen molar-refractivity contribution in [1.82, 2.24) is 0 Å². The summed E-state index contributed by atoms with van der Waals surface area (Å²) < 4.78 is 0. The quantitative estimate of drug-likeness (QED) is 0.819. The average Bonchev–Trinajstić information content (AvgIpc) is 2.38. The van der Waals surface area contributed by atoms with Gasteiger partial charge in [0, 0.05) is 11.8 Å². The number of carbonyl (C=O) groups is 1. The Morgan fingerprint density at radius 3 is 2.59 bits per heavy atom. The number of ketones is 1. The Labute approximate surface area is 105 Å². The van der Waals surface area contributed by atoms with Crippen molar-refractivity contribution in [3.05, 3.63) is 0 Å². The monoisotopic (exact) mass is 237 g/mol. The molecule has 0 aliphatic heterocycles. The topological polar surface area (TPSA) is 43.1 Å². The van der Waals surface area contributed by atoms with E-state index in [9.17, 15) is 4.79 Å². The fraction of sp³-hybridized carbons (Fsp3) is 0.933. The minimum absolute atomic E-state index is 0.295. The molecule has 0 saturated heterocycles. The van der Waals surface area contributed by atoms with E-state index in [4.69, 9.17) is 5.73 Å². The molecule has 0 aromatic heterocycles. The minimum Gasteiger partial charge on any atom is -0.330 e. The first-order valence-corrected chi connectivity index (χ1v) is 7.46. The largest absolute Gasteiger partial charge is 0.330 e. The predicted molar refractivity (Wildman–Crippen MR) is 70.6 cm³/mol. The molecule has 0 bridgehead atoms. The van der Waals surface area contributed by atoms with Crippen LogP contribution in [0.1, 0.15) is 58.3 Å². The Hall–Kier alpha value is -0.370. The lowest BCUT2D eigenvalue weighted by atomic mass is 9.70. The third-order valence-electron chi connectivity index (χ3n) is 4.92. The number of hydrogen-bond donors (Lipinski definition) is 1. The van der Waals surface area contributed by atoms with Crippen molar-refractivity contribution >= 4 is 5.78 Å². The molecule has 2 aliphatic carbocycles. The van der Waals surface area contributed by atoms with Gasteiger partial charge in [-0.1, -0.05) is 32.6 Å². The van der Waals surface area contributed by atoms with Gasteiger partial charge in [-0.3, -0.25) is 4.79 Å². The number of carbonyl (C=O) groups excluding carboxylic acids is 1. The molecule has 2 fully saturated rings. The van der Waals surface area contributed by atoms with Crippen LogP contribution in [0.5, 0.6) is 0 Å². The van der Waals surface area contributed by atoms with Crippen molar-refractivity contribution < 1.29 is 4.79 Å². The molecule has 17 heavy (non-hydrogen) atoms. The van der Waals surface area contributed by atoms with Gasteiger partial charge in [-0.05, 0) is 44.1 Å². The lowest BCUT2D eigenvalue weighted by Crippen LogP contribution is -2.37. The van der Waals surface area contributed by atoms with Gasteiger partial charge in [0.15, 0.2) is 0 Å². The zero-order valence-electron chi connectivity index (χ0n) is 11.2. The number of hydrogen-bond acceptors (Lipinski definition) is 2. The lowest BCUT2D eigenvalue weighted by Gasteiger charge is -2.34. The van der Waals surface area contributed by atoms with Crippen LogP contribution in [0, 0.1) is 23.7 Å². The van der Waals surface area contributed by atoms with Gasteiger partial charge in [-0.15, -0.1) is 0 Å². The maximum absolute atomic E-state index is 12.6. The van der Waals surface area contributed by atoms with Crippen molar-refractivity contribution in [2.24, 2.45) is 29.4 Å². The molecule has 4 unspecified atom stereocenters. The highest BCUT2D eigenvalue weighted by Crippen LogP contribution is 2.37. The second-order valence-electron chi connectivity index (χ2n) is 6.26. The normalized spacial score (nSPS) is 38.9. The Morgan fingerprint density at radius 1 is 1.12 bits per heavy atom. The fourth-order valence-corrected chi connectivity index (χ4v) is 3.86.